The predicted octanol–water partition coefficient (Wildman–Crippen LogP) is 1.99. The molecule has 0 aliphatic heterocycles. The van der Waals surface area contributed by atoms with E-state index in [9.17, 15) is 0 Å². The largest absolute Gasteiger partial charge is 0.381 e. The number of aromatic nitrogens is 1. The molecule has 0 aliphatic carbocycles. The van der Waals surface area contributed by atoms with E-state index in [1.165, 1.54) is 0 Å². The van der Waals surface area contributed by atoms with Crippen LogP contribution in [0.2, 0.25) is 0 Å². The Balaban J connectivity index is 2.42. The van der Waals surface area contributed by atoms with Crippen LogP contribution in [0.5, 0.6) is 0 Å². The molecule has 1 aromatic heterocycles. The minimum absolute atomic E-state index is 0.274. The lowest BCUT2D eigenvalue weighted by Crippen LogP contribution is -2.25. The Morgan fingerprint density at radius 3 is 2.93 bits per heavy atom. The van der Waals surface area contributed by atoms with Gasteiger partial charge in [-0.15, -0.1) is 0 Å². The average Bonchev–Trinajstić information content (AvgIpc) is 2.29. The highest BCUT2D eigenvalue weighted by Crippen LogP contribution is 2.21. The first kappa shape index (κ1) is 9.93. The van der Waals surface area contributed by atoms with Crippen LogP contribution in [-0.4, -0.2) is 17.6 Å². The van der Waals surface area contributed by atoms with E-state index < -0.39 is 0 Å². The second kappa shape index (κ2) is 4.28. The molecule has 0 aliphatic rings. The minimum Gasteiger partial charge on any atom is -0.381 e. The molecule has 2 aromatic rings. The van der Waals surface area contributed by atoms with E-state index in [1.807, 2.05) is 30.5 Å². The highest BCUT2D eigenvalue weighted by Gasteiger charge is 2.03. The van der Waals surface area contributed by atoms with Gasteiger partial charge in [0.25, 0.3) is 0 Å². The second-order valence-electron chi connectivity index (χ2n) is 3.66. The Morgan fingerprint density at radius 1 is 1.33 bits per heavy atom. The maximum Gasteiger partial charge on any atom is 0.0722 e. The Bertz CT molecular complexity index is 448. The Kier molecular flexibility index (Phi) is 2.83. The van der Waals surface area contributed by atoms with Crippen LogP contribution in [0.3, 0.4) is 0 Å². The van der Waals surface area contributed by atoms with Gasteiger partial charge >= 0.3 is 0 Å². The summed E-state index contributed by atoms with van der Waals surface area (Å²) < 4.78 is 0. The zero-order valence-corrected chi connectivity index (χ0v) is 8.77. The fourth-order valence-corrected chi connectivity index (χ4v) is 1.55. The molecule has 0 fully saturated rings. The van der Waals surface area contributed by atoms with Gasteiger partial charge in [-0.05, 0) is 19.1 Å². The van der Waals surface area contributed by atoms with Gasteiger partial charge in [0.15, 0.2) is 0 Å². The summed E-state index contributed by atoms with van der Waals surface area (Å²) >= 11 is 0. The lowest BCUT2D eigenvalue weighted by molar-refractivity contribution is 0.805. The zero-order chi connectivity index (χ0) is 10.7. The van der Waals surface area contributed by atoms with Crippen molar-refractivity contribution in [3.05, 3.63) is 36.5 Å². The number of para-hydroxylation sites is 1. The van der Waals surface area contributed by atoms with Crippen molar-refractivity contribution in [1.29, 1.82) is 0 Å². The monoisotopic (exact) mass is 201 g/mol. The number of anilines is 1. The number of pyridine rings is 1. The van der Waals surface area contributed by atoms with Crippen molar-refractivity contribution in [3.63, 3.8) is 0 Å². The molecular weight excluding hydrogens is 186 g/mol. The Labute approximate surface area is 89.3 Å². The first-order chi connectivity index (χ1) is 7.31. The van der Waals surface area contributed by atoms with Crippen molar-refractivity contribution < 1.29 is 0 Å². The van der Waals surface area contributed by atoms with Gasteiger partial charge in [-0.2, -0.15) is 0 Å². The van der Waals surface area contributed by atoms with Crippen molar-refractivity contribution in [1.82, 2.24) is 4.98 Å². The standard InChI is InChI=1S/C12H15N3/c1-9(8-13)15-12-6-7-14-11-5-3-2-4-10(11)12/h2-7,9H,8,13H2,1H3,(H,14,15). The maximum absolute atomic E-state index is 5.59. The lowest BCUT2D eigenvalue weighted by atomic mass is 10.2. The number of nitrogens with zero attached hydrogens (tertiary/aromatic N) is 1. The van der Waals surface area contributed by atoms with Gasteiger partial charge in [0.05, 0.1) is 5.52 Å². The highest BCUT2D eigenvalue weighted by molar-refractivity contribution is 5.90. The molecular formula is C12H15N3. The minimum atomic E-state index is 0.274. The molecule has 1 unspecified atom stereocenters. The summed E-state index contributed by atoms with van der Waals surface area (Å²) in [6.45, 7) is 2.69. The maximum atomic E-state index is 5.59. The van der Waals surface area contributed by atoms with Crippen LogP contribution in [0.25, 0.3) is 10.9 Å². The van der Waals surface area contributed by atoms with Crippen LogP contribution >= 0.6 is 0 Å². The molecule has 0 radical (unpaired) electrons. The first-order valence-electron chi connectivity index (χ1n) is 5.11. The van der Waals surface area contributed by atoms with Crippen LogP contribution in [-0.2, 0) is 0 Å². The third-order valence-corrected chi connectivity index (χ3v) is 2.40. The fourth-order valence-electron chi connectivity index (χ4n) is 1.55. The number of nitrogens with one attached hydrogen (secondary N) is 1. The van der Waals surface area contributed by atoms with Gasteiger partial charge in [0.1, 0.15) is 0 Å². The summed E-state index contributed by atoms with van der Waals surface area (Å²) in [6, 6.07) is 10.3. The third kappa shape index (κ3) is 2.07. The van der Waals surface area contributed by atoms with Crippen molar-refractivity contribution in [2.45, 2.75) is 13.0 Å². The number of hydrogen-bond donors (Lipinski definition) is 2. The Morgan fingerprint density at radius 2 is 2.13 bits per heavy atom. The number of nitrogens with two attached hydrogens (primary N) is 1. The molecule has 1 aromatic carbocycles. The number of benzene rings is 1. The molecule has 0 bridgehead atoms. The molecule has 0 saturated heterocycles. The fraction of sp³-hybridized carbons (Fsp3) is 0.250. The van der Waals surface area contributed by atoms with Crippen LogP contribution in [0, 0.1) is 0 Å². The summed E-state index contributed by atoms with van der Waals surface area (Å²) in [4.78, 5) is 4.30. The van der Waals surface area contributed by atoms with Gasteiger partial charge in [-0.3, -0.25) is 4.98 Å². The summed E-state index contributed by atoms with van der Waals surface area (Å²) in [5, 5.41) is 4.51. The number of fused-ring (bicyclic) bond motifs is 1. The van der Waals surface area contributed by atoms with Crippen molar-refractivity contribution in [3.8, 4) is 0 Å². The number of hydrogen-bond acceptors (Lipinski definition) is 3. The molecule has 1 heterocycles. The molecule has 78 valence electrons. The van der Waals surface area contributed by atoms with Gasteiger partial charge in [-0.25, -0.2) is 0 Å². The van der Waals surface area contributed by atoms with E-state index in [2.05, 4.69) is 23.3 Å². The van der Waals surface area contributed by atoms with Gasteiger partial charge < -0.3 is 11.1 Å². The molecule has 15 heavy (non-hydrogen) atoms. The molecule has 0 amide bonds. The van der Waals surface area contributed by atoms with E-state index in [0.717, 1.165) is 16.6 Å². The van der Waals surface area contributed by atoms with E-state index >= 15 is 0 Å². The van der Waals surface area contributed by atoms with Crippen molar-refractivity contribution in [2.24, 2.45) is 5.73 Å². The van der Waals surface area contributed by atoms with Crippen molar-refractivity contribution in [2.75, 3.05) is 11.9 Å². The Hall–Kier alpha value is -1.61. The quantitative estimate of drug-likeness (QED) is 0.798. The molecule has 0 saturated carbocycles. The van der Waals surface area contributed by atoms with Gasteiger partial charge in [0, 0.05) is 29.9 Å². The topological polar surface area (TPSA) is 50.9 Å². The third-order valence-electron chi connectivity index (χ3n) is 2.40. The van der Waals surface area contributed by atoms with Gasteiger partial charge in [-0.1, -0.05) is 18.2 Å². The zero-order valence-electron chi connectivity index (χ0n) is 8.77. The summed E-state index contributed by atoms with van der Waals surface area (Å²) in [6.07, 6.45) is 1.81. The second-order valence-corrected chi connectivity index (χ2v) is 3.66. The molecule has 3 nitrogen and oxygen atoms in total. The molecule has 3 N–H and O–H groups in total. The van der Waals surface area contributed by atoms with Crippen molar-refractivity contribution >= 4 is 16.6 Å². The molecule has 1 atom stereocenters. The number of rotatable bonds is 3. The lowest BCUT2D eigenvalue weighted by Gasteiger charge is -2.14. The van der Waals surface area contributed by atoms with Crippen LogP contribution in [0.1, 0.15) is 6.92 Å². The molecule has 0 spiro atoms. The summed E-state index contributed by atoms with van der Waals surface area (Å²) in [5.41, 5.74) is 7.69. The van der Waals surface area contributed by atoms with E-state index in [0.29, 0.717) is 6.54 Å². The smallest absolute Gasteiger partial charge is 0.0722 e. The van der Waals surface area contributed by atoms with E-state index in [-0.39, 0.29) is 6.04 Å². The van der Waals surface area contributed by atoms with E-state index in [1.54, 1.807) is 0 Å². The highest BCUT2D eigenvalue weighted by atomic mass is 14.9. The van der Waals surface area contributed by atoms with Crippen LogP contribution < -0.4 is 11.1 Å². The summed E-state index contributed by atoms with van der Waals surface area (Å²) in [5.74, 6) is 0. The first-order valence-corrected chi connectivity index (χ1v) is 5.11. The van der Waals surface area contributed by atoms with E-state index in [4.69, 9.17) is 5.73 Å². The average molecular weight is 201 g/mol. The predicted molar refractivity (Wildman–Crippen MR) is 63.9 cm³/mol. The van der Waals surface area contributed by atoms with Gasteiger partial charge in [0.2, 0.25) is 0 Å². The van der Waals surface area contributed by atoms with Crippen LogP contribution in [0.4, 0.5) is 5.69 Å². The SMILES string of the molecule is CC(CN)Nc1ccnc2ccccc12. The molecule has 2 rings (SSSR count). The normalized spacial score (nSPS) is 12.7. The molecule has 3 heteroatoms. The summed E-state index contributed by atoms with van der Waals surface area (Å²) in [7, 11) is 0. The van der Waals surface area contributed by atoms with Crippen LogP contribution in [0.15, 0.2) is 36.5 Å².